The van der Waals surface area contributed by atoms with E-state index >= 15 is 0 Å². The Morgan fingerprint density at radius 1 is 1.67 bits per heavy atom. The molecule has 0 N–H and O–H groups in total. The van der Waals surface area contributed by atoms with Crippen molar-refractivity contribution in [3.63, 3.8) is 0 Å². The molecule has 0 spiro atoms. The highest BCUT2D eigenvalue weighted by Gasteiger charge is 1.75. The number of allylic oxidation sites excluding steroid dienone is 1. The van der Waals surface area contributed by atoms with Gasteiger partial charge in [-0.15, -0.1) is 0 Å². The second-order valence-corrected chi connectivity index (χ2v) is 1.04. The highest BCUT2D eigenvalue weighted by atomic mass is 19.1. The third-order valence-electron chi connectivity index (χ3n) is 0.487. The van der Waals surface area contributed by atoms with Crippen LogP contribution in [0.5, 0.6) is 0 Å². The first-order valence-electron chi connectivity index (χ1n) is 1.97. The molecule has 6 heavy (non-hydrogen) atoms. The lowest BCUT2D eigenvalue weighted by molar-refractivity contribution is 0.474. The maximum absolute atomic E-state index is 11.1. The molecule has 0 rings (SSSR count). The van der Waals surface area contributed by atoms with Gasteiger partial charge in [-0.05, 0) is 12.8 Å². The van der Waals surface area contributed by atoms with E-state index in [9.17, 15) is 4.39 Å². The number of hydrogen-bond donors (Lipinski definition) is 0. The first-order chi connectivity index (χ1) is 2.91. The van der Waals surface area contributed by atoms with E-state index in [1.807, 2.05) is 0 Å². The minimum Gasteiger partial charge on any atom is -0.251 e. The summed E-state index contributed by atoms with van der Waals surface area (Å²) in [5.74, 6) is 0. The Hall–Kier alpha value is -0.330. The Kier molecular flexibility index (Phi) is 4.41. The van der Waals surface area contributed by atoms with E-state index in [4.69, 9.17) is 0 Å². The third-order valence-corrected chi connectivity index (χ3v) is 0.487. The van der Waals surface area contributed by atoms with Crippen molar-refractivity contribution in [1.82, 2.24) is 0 Å². The molecular formula is C5H8F. The van der Waals surface area contributed by atoms with Gasteiger partial charge < -0.3 is 0 Å². The van der Waals surface area contributed by atoms with Gasteiger partial charge in [0.2, 0.25) is 0 Å². The van der Waals surface area contributed by atoms with Gasteiger partial charge in [0.05, 0.1) is 6.67 Å². The summed E-state index contributed by atoms with van der Waals surface area (Å²) in [6, 6.07) is 0. The zero-order chi connectivity index (χ0) is 4.83. The largest absolute Gasteiger partial charge is 0.251 e. The molecule has 0 amide bonds. The van der Waals surface area contributed by atoms with Gasteiger partial charge in [-0.3, -0.25) is 4.39 Å². The molecule has 0 bridgehead atoms. The fraction of sp³-hybridized carbons (Fsp3) is 0.600. The lowest BCUT2D eigenvalue weighted by Gasteiger charge is -1.78. The number of unbranched alkanes of at least 4 members (excludes halogenated alkanes) is 1. The summed E-state index contributed by atoms with van der Waals surface area (Å²) in [6.45, 7) is 3.06. The highest BCUT2D eigenvalue weighted by Crippen LogP contribution is 1.85. The summed E-state index contributed by atoms with van der Waals surface area (Å²) >= 11 is 0. The van der Waals surface area contributed by atoms with E-state index in [1.54, 1.807) is 0 Å². The van der Waals surface area contributed by atoms with Crippen molar-refractivity contribution in [2.75, 3.05) is 6.67 Å². The van der Waals surface area contributed by atoms with Gasteiger partial charge in [0.25, 0.3) is 0 Å². The predicted molar refractivity (Wildman–Crippen MR) is 24.1 cm³/mol. The SMILES string of the molecule is C=[C]CCCF. The van der Waals surface area contributed by atoms with Crippen molar-refractivity contribution in [1.29, 1.82) is 0 Å². The van der Waals surface area contributed by atoms with Crippen LogP contribution in [0.25, 0.3) is 0 Å². The van der Waals surface area contributed by atoms with Crippen LogP contribution in [0.1, 0.15) is 12.8 Å². The fourth-order valence-electron chi connectivity index (χ4n) is 0.192. The monoisotopic (exact) mass is 87.1 g/mol. The molecule has 1 heteroatoms. The smallest absolute Gasteiger partial charge is 0.0897 e. The van der Waals surface area contributed by atoms with Crippen molar-refractivity contribution >= 4 is 0 Å². The molecule has 0 aliphatic rings. The molecule has 0 saturated heterocycles. The van der Waals surface area contributed by atoms with Gasteiger partial charge in [0.15, 0.2) is 0 Å². The minimum absolute atomic E-state index is 0.248. The van der Waals surface area contributed by atoms with Crippen LogP contribution in [0.3, 0.4) is 0 Å². The number of alkyl halides is 1. The van der Waals surface area contributed by atoms with E-state index in [2.05, 4.69) is 12.7 Å². The molecule has 35 valence electrons. The molecular weight excluding hydrogens is 79.1 g/mol. The zero-order valence-electron chi connectivity index (χ0n) is 3.71. The Balaban J connectivity index is 2.49. The third kappa shape index (κ3) is 3.67. The van der Waals surface area contributed by atoms with Crippen LogP contribution in [0.2, 0.25) is 0 Å². The quantitative estimate of drug-likeness (QED) is 0.460. The molecule has 0 saturated carbocycles. The van der Waals surface area contributed by atoms with Crippen molar-refractivity contribution in [3.05, 3.63) is 12.7 Å². The minimum atomic E-state index is -0.248. The van der Waals surface area contributed by atoms with Crippen LogP contribution in [0.4, 0.5) is 4.39 Å². The molecule has 1 radical (unpaired) electrons. The molecule has 0 aliphatic carbocycles. The van der Waals surface area contributed by atoms with Crippen LogP contribution in [-0.2, 0) is 0 Å². The second kappa shape index (κ2) is 4.67. The molecule has 0 heterocycles. The van der Waals surface area contributed by atoms with Crippen molar-refractivity contribution in [2.45, 2.75) is 12.8 Å². The Morgan fingerprint density at radius 3 is 2.50 bits per heavy atom. The van der Waals surface area contributed by atoms with Crippen molar-refractivity contribution in [2.24, 2.45) is 0 Å². The molecule has 0 nitrogen and oxygen atoms in total. The Bertz CT molecular complexity index is 32.9. The predicted octanol–water partition coefficient (Wildman–Crippen LogP) is 1.73. The average molecular weight is 87.1 g/mol. The highest BCUT2D eigenvalue weighted by molar-refractivity contribution is 4.52. The van der Waals surface area contributed by atoms with Crippen LogP contribution in [-0.4, -0.2) is 6.67 Å². The van der Waals surface area contributed by atoms with E-state index in [0.717, 1.165) is 0 Å². The molecule has 0 fully saturated rings. The standard InChI is InChI=1S/C5H8F/c1-2-3-4-5-6/h1,3-5H2. The van der Waals surface area contributed by atoms with Crippen LogP contribution in [0, 0.1) is 6.08 Å². The first-order valence-corrected chi connectivity index (χ1v) is 1.97. The number of hydrogen-bond acceptors (Lipinski definition) is 0. The summed E-state index contributed by atoms with van der Waals surface area (Å²) in [6.07, 6.45) is 3.83. The molecule has 0 unspecified atom stereocenters. The Labute approximate surface area is 37.7 Å². The summed E-state index contributed by atoms with van der Waals surface area (Å²) in [5.41, 5.74) is 0. The summed E-state index contributed by atoms with van der Waals surface area (Å²) < 4.78 is 11.1. The Morgan fingerprint density at radius 2 is 2.33 bits per heavy atom. The van der Waals surface area contributed by atoms with Crippen LogP contribution >= 0.6 is 0 Å². The van der Waals surface area contributed by atoms with Crippen LogP contribution < -0.4 is 0 Å². The van der Waals surface area contributed by atoms with Gasteiger partial charge in [0.1, 0.15) is 0 Å². The van der Waals surface area contributed by atoms with E-state index in [-0.39, 0.29) is 6.67 Å². The second-order valence-electron chi connectivity index (χ2n) is 1.04. The van der Waals surface area contributed by atoms with Crippen molar-refractivity contribution < 1.29 is 4.39 Å². The maximum atomic E-state index is 11.1. The molecule has 0 atom stereocenters. The molecule has 0 aromatic rings. The van der Waals surface area contributed by atoms with Gasteiger partial charge in [-0.1, -0.05) is 12.7 Å². The van der Waals surface area contributed by atoms with E-state index in [1.165, 1.54) is 0 Å². The molecule has 0 aliphatic heterocycles. The van der Waals surface area contributed by atoms with Crippen LogP contribution in [0.15, 0.2) is 6.58 Å². The molecule has 0 aromatic heterocycles. The van der Waals surface area contributed by atoms with Gasteiger partial charge in [-0.2, -0.15) is 0 Å². The van der Waals surface area contributed by atoms with E-state index in [0.29, 0.717) is 12.8 Å². The lowest BCUT2D eigenvalue weighted by Crippen LogP contribution is -1.69. The van der Waals surface area contributed by atoms with Gasteiger partial charge in [0, 0.05) is 0 Å². The fourth-order valence-corrected chi connectivity index (χ4v) is 0.192. The van der Waals surface area contributed by atoms with Gasteiger partial charge >= 0.3 is 0 Å². The lowest BCUT2D eigenvalue weighted by atomic mass is 10.3. The normalized spacial score (nSPS) is 8.17. The van der Waals surface area contributed by atoms with Gasteiger partial charge in [-0.25, -0.2) is 0 Å². The average Bonchev–Trinajstić information content (AvgIpc) is 1.61. The maximum Gasteiger partial charge on any atom is 0.0897 e. The summed E-state index contributed by atoms with van der Waals surface area (Å²) in [4.78, 5) is 0. The number of halogens is 1. The zero-order valence-corrected chi connectivity index (χ0v) is 3.71. The summed E-state index contributed by atoms with van der Waals surface area (Å²) in [7, 11) is 0. The molecule has 0 aromatic carbocycles. The topological polar surface area (TPSA) is 0 Å². The number of rotatable bonds is 3. The first kappa shape index (κ1) is 5.67. The van der Waals surface area contributed by atoms with E-state index < -0.39 is 0 Å². The van der Waals surface area contributed by atoms with Crippen molar-refractivity contribution in [3.8, 4) is 0 Å². The summed E-state index contributed by atoms with van der Waals surface area (Å²) in [5, 5.41) is 0.